The zero-order valence-electron chi connectivity index (χ0n) is 20.0. The van der Waals surface area contributed by atoms with Crippen LogP contribution in [0.25, 0.3) is 22.4 Å². The molecule has 2 aromatic heterocycles. The van der Waals surface area contributed by atoms with Crippen LogP contribution in [-0.4, -0.2) is 63.3 Å². The van der Waals surface area contributed by atoms with Gasteiger partial charge in [0.15, 0.2) is 5.82 Å². The van der Waals surface area contributed by atoms with E-state index >= 15 is 0 Å². The van der Waals surface area contributed by atoms with Crippen molar-refractivity contribution in [2.45, 2.75) is 56.7 Å². The Morgan fingerprint density at radius 2 is 1.79 bits per heavy atom. The predicted octanol–water partition coefficient (Wildman–Crippen LogP) is 3.57. The number of aromatic hydroxyl groups is 1. The minimum Gasteiger partial charge on any atom is -0.507 e. The summed E-state index contributed by atoms with van der Waals surface area (Å²) in [5.74, 6) is 1.19. The largest absolute Gasteiger partial charge is 0.507 e. The first-order valence-electron chi connectivity index (χ1n) is 12.5. The van der Waals surface area contributed by atoms with Gasteiger partial charge in [-0.1, -0.05) is 12.5 Å². The van der Waals surface area contributed by atoms with E-state index in [-0.39, 0.29) is 5.75 Å². The van der Waals surface area contributed by atoms with E-state index in [1.165, 1.54) is 32.1 Å². The summed E-state index contributed by atoms with van der Waals surface area (Å²) in [7, 11) is 4.02. The van der Waals surface area contributed by atoms with Gasteiger partial charge in [-0.3, -0.25) is 4.68 Å². The van der Waals surface area contributed by atoms with Crippen LogP contribution in [0.1, 0.15) is 38.5 Å². The van der Waals surface area contributed by atoms with Crippen molar-refractivity contribution in [3.8, 4) is 28.1 Å². The van der Waals surface area contributed by atoms with Crippen molar-refractivity contribution >= 4 is 11.5 Å². The van der Waals surface area contributed by atoms with Gasteiger partial charge in [-0.2, -0.15) is 5.10 Å². The maximum Gasteiger partial charge on any atom is 0.175 e. The van der Waals surface area contributed by atoms with Crippen molar-refractivity contribution in [3.63, 3.8) is 0 Å². The Morgan fingerprint density at radius 3 is 2.53 bits per heavy atom. The molecule has 34 heavy (non-hydrogen) atoms. The molecule has 3 aliphatic heterocycles. The zero-order chi connectivity index (χ0) is 23.2. The molecular weight excluding hydrogens is 426 g/mol. The number of aryl methyl sites for hydroxylation is 1. The van der Waals surface area contributed by atoms with Gasteiger partial charge in [0.25, 0.3) is 0 Å². The van der Waals surface area contributed by atoms with Crippen LogP contribution in [0.2, 0.25) is 0 Å². The van der Waals surface area contributed by atoms with E-state index in [1.54, 1.807) is 16.9 Å². The lowest BCUT2D eigenvalue weighted by Crippen LogP contribution is -2.55. The van der Waals surface area contributed by atoms with E-state index in [0.717, 1.165) is 42.1 Å². The second-order valence-electron chi connectivity index (χ2n) is 10.2. The van der Waals surface area contributed by atoms with Gasteiger partial charge in [0.2, 0.25) is 0 Å². The number of benzene rings is 1. The molecule has 0 saturated carbocycles. The molecular formula is C26H33N7O. The molecule has 2 fully saturated rings. The Morgan fingerprint density at radius 1 is 0.971 bits per heavy atom. The van der Waals surface area contributed by atoms with E-state index < -0.39 is 0 Å². The smallest absolute Gasteiger partial charge is 0.175 e. The number of hydrogen-bond acceptors (Lipinski definition) is 7. The van der Waals surface area contributed by atoms with Gasteiger partial charge in [-0.25, -0.2) is 0 Å². The molecule has 2 saturated heterocycles. The fraction of sp³-hybridized carbons (Fsp3) is 0.500. The molecule has 8 heteroatoms. The van der Waals surface area contributed by atoms with Gasteiger partial charge in [0, 0.05) is 62.6 Å². The molecule has 3 aliphatic rings. The van der Waals surface area contributed by atoms with Crippen molar-refractivity contribution in [2.75, 3.05) is 29.9 Å². The van der Waals surface area contributed by atoms with E-state index in [0.29, 0.717) is 29.4 Å². The second kappa shape index (κ2) is 8.58. The molecule has 5 heterocycles. The average molecular weight is 460 g/mol. The molecule has 3 atom stereocenters. The van der Waals surface area contributed by atoms with Gasteiger partial charge in [-0.15, -0.1) is 10.2 Å². The minimum atomic E-state index is 0.204. The van der Waals surface area contributed by atoms with Crippen molar-refractivity contribution in [3.05, 3.63) is 36.7 Å². The second-order valence-corrected chi connectivity index (χ2v) is 10.2. The highest BCUT2D eigenvalue weighted by Crippen LogP contribution is 2.39. The first kappa shape index (κ1) is 21.4. The summed E-state index contributed by atoms with van der Waals surface area (Å²) >= 11 is 0. The zero-order valence-corrected chi connectivity index (χ0v) is 20.0. The van der Waals surface area contributed by atoms with Crippen molar-refractivity contribution in [2.24, 2.45) is 7.05 Å². The molecule has 8 nitrogen and oxygen atoms in total. The quantitative estimate of drug-likeness (QED) is 0.620. The average Bonchev–Trinajstić information content (AvgIpc) is 3.20. The third-order valence-electron chi connectivity index (χ3n) is 7.77. The number of piperidine rings is 2. The number of aromatic nitrogens is 4. The van der Waals surface area contributed by atoms with Crippen molar-refractivity contribution in [1.82, 2.24) is 25.3 Å². The van der Waals surface area contributed by atoms with E-state index in [9.17, 15) is 5.11 Å². The lowest BCUT2D eigenvalue weighted by atomic mass is 9.83. The topological polar surface area (TPSA) is 82.3 Å². The number of nitrogens with one attached hydrogen (secondary N) is 1. The maximum absolute atomic E-state index is 10.9. The van der Waals surface area contributed by atoms with Crippen LogP contribution >= 0.6 is 0 Å². The highest BCUT2D eigenvalue weighted by Gasteiger charge is 2.36. The molecule has 178 valence electrons. The van der Waals surface area contributed by atoms with E-state index in [2.05, 4.69) is 38.4 Å². The maximum atomic E-state index is 10.9. The summed E-state index contributed by atoms with van der Waals surface area (Å²) in [5, 5.41) is 28.3. The monoisotopic (exact) mass is 459 g/mol. The normalized spacial score (nSPS) is 24.6. The van der Waals surface area contributed by atoms with Crippen LogP contribution in [0.5, 0.6) is 5.75 Å². The van der Waals surface area contributed by atoms with Crippen molar-refractivity contribution < 1.29 is 5.11 Å². The fourth-order valence-corrected chi connectivity index (χ4v) is 6.04. The molecule has 6 rings (SSSR count). The van der Waals surface area contributed by atoms with Gasteiger partial charge >= 0.3 is 0 Å². The first-order chi connectivity index (χ1) is 16.5. The fourth-order valence-electron chi connectivity index (χ4n) is 6.04. The third-order valence-corrected chi connectivity index (χ3v) is 7.77. The third kappa shape index (κ3) is 3.90. The summed E-state index contributed by atoms with van der Waals surface area (Å²) < 4.78 is 1.76. The molecule has 0 spiro atoms. The van der Waals surface area contributed by atoms with Crippen LogP contribution in [0.15, 0.2) is 36.7 Å². The molecule has 0 radical (unpaired) electrons. The lowest BCUT2D eigenvalue weighted by Gasteiger charge is -2.44. The first-order valence-corrected chi connectivity index (χ1v) is 12.5. The predicted molar refractivity (Wildman–Crippen MR) is 134 cm³/mol. The Hall–Kier alpha value is -3.13. The molecule has 2 N–H and O–H groups in total. The number of fused-ring (bicyclic) bond motifs is 3. The summed E-state index contributed by atoms with van der Waals surface area (Å²) in [4.78, 5) is 4.81. The number of rotatable bonds is 3. The van der Waals surface area contributed by atoms with Crippen molar-refractivity contribution in [1.29, 1.82) is 0 Å². The number of phenolic OH excluding ortho intramolecular Hbond substituents is 1. The molecule has 2 bridgehead atoms. The Kier molecular flexibility index (Phi) is 5.40. The summed E-state index contributed by atoms with van der Waals surface area (Å²) in [6.07, 6.45) is 11.1. The number of phenols is 1. The summed E-state index contributed by atoms with van der Waals surface area (Å²) in [6.45, 7) is 2.00. The SMILES string of the molecule is CN1CCCN(C2C[C@H]3CCC[C@@H](C2)N3)c2nnc(-c3ccc(-c4cnn(C)c4)cc3O)cc21. The molecule has 1 aromatic carbocycles. The van der Waals surface area contributed by atoms with E-state index in [1.807, 2.05) is 25.4 Å². The van der Waals surface area contributed by atoms with Gasteiger partial charge in [0.1, 0.15) is 5.75 Å². The highest BCUT2D eigenvalue weighted by atomic mass is 16.3. The summed E-state index contributed by atoms with van der Waals surface area (Å²) in [5.41, 5.74) is 4.40. The Bertz CT molecular complexity index is 1180. The molecule has 1 unspecified atom stereocenters. The van der Waals surface area contributed by atoms with Crippen LogP contribution in [-0.2, 0) is 7.05 Å². The number of anilines is 2. The van der Waals surface area contributed by atoms with Crippen LogP contribution < -0.4 is 15.1 Å². The number of hydrogen-bond donors (Lipinski definition) is 2. The Labute approximate surface area is 200 Å². The summed E-state index contributed by atoms with van der Waals surface area (Å²) in [6, 6.07) is 9.58. The molecule has 3 aromatic rings. The van der Waals surface area contributed by atoms with Crippen LogP contribution in [0, 0.1) is 0 Å². The van der Waals surface area contributed by atoms with Crippen LogP contribution in [0.4, 0.5) is 11.5 Å². The van der Waals surface area contributed by atoms with Gasteiger partial charge in [-0.05, 0) is 55.9 Å². The standard InChI is InChI=1S/C26H33N7O/c1-31-9-4-10-33(21-12-19-5-3-6-20(13-21)28-19)26-24(31)14-23(29-30-26)22-8-7-17(11-25(22)34)18-15-27-32(2)16-18/h7-8,11,14-16,19-21,28,34H,3-6,9-10,12-13H2,1-2H3/t19-,20+,21?. The lowest BCUT2D eigenvalue weighted by molar-refractivity contribution is 0.216. The molecule has 0 amide bonds. The van der Waals surface area contributed by atoms with Crippen LogP contribution in [0.3, 0.4) is 0 Å². The Balaban J connectivity index is 1.33. The molecule has 0 aliphatic carbocycles. The minimum absolute atomic E-state index is 0.204. The van der Waals surface area contributed by atoms with Gasteiger partial charge in [0.05, 0.1) is 17.6 Å². The van der Waals surface area contributed by atoms with E-state index in [4.69, 9.17) is 5.10 Å². The van der Waals surface area contributed by atoms with Gasteiger partial charge < -0.3 is 20.2 Å². The highest BCUT2D eigenvalue weighted by molar-refractivity contribution is 5.78. The number of nitrogens with zero attached hydrogens (tertiary/aromatic N) is 6.